The number of anilines is 1. The van der Waals surface area contributed by atoms with Crippen molar-refractivity contribution in [2.75, 3.05) is 5.32 Å². The predicted octanol–water partition coefficient (Wildman–Crippen LogP) is 4.88. The summed E-state index contributed by atoms with van der Waals surface area (Å²) in [7, 11) is 0. The van der Waals surface area contributed by atoms with Gasteiger partial charge in [0.25, 0.3) is 0 Å². The number of benzene rings is 2. The molecule has 1 aliphatic rings. The number of hydrogen-bond donors (Lipinski definition) is 2. The van der Waals surface area contributed by atoms with Crippen LogP contribution >= 0.6 is 0 Å². The van der Waals surface area contributed by atoms with Gasteiger partial charge in [0.15, 0.2) is 0 Å². The molecule has 3 aromatic rings. The zero-order chi connectivity index (χ0) is 17.8. The summed E-state index contributed by atoms with van der Waals surface area (Å²) in [6, 6.07) is 14.8. The monoisotopic (exact) mass is 332 g/mol. The van der Waals surface area contributed by atoms with Crippen LogP contribution in [0.5, 0.6) is 0 Å². The van der Waals surface area contributed by atoms with E-state index in [1.54, 1.807) is 0 Å². The van der Waals surface area contributed by atoms with E-state index in [0.29, 0.717) is 0 Å². The Bertz CT molecular complexity index is 956. The number of aliphatic hydroxyl groups is 1. The molecule has 2 aromatic carbocycles. The van der Waals surface area contributed by atoms with Crippen LogP contribution in [-0.4, -0.2) is 21.7 Å². The Morgan fingerprint density at radius 2 is 1.88 bits per heavy atom. The van der Waals surface area contributed by atoms with Gasteiger partial charge in [-0.05, 0) is 55.7 Å². The molecule has 2 N–H and O–H groups in total. The van der Waals surface area contributed by atoms with Crippen molar-refractivity contribution in [3.05, 3.63) is 59.8 Å². The number of aryl methyl sites for hydroxylation is 1. The summed E-state index contributed by atoms with van der Waals surface area (Å²) in [5, 5.41) is 15.4. The van der Waals surface area contributed by atoms with Gasteiger partial charge in [0.05, 0.1) is 17.2 Å². The fraction of sp³-hybridized carbons (Fsp3) is 0.318. The van der Waals surface area contributed by atoms with E-state index in [4.69, 9.17) is 0 Å². The number of fused-ring (bicyclic) bond motifs is 2. The number of pyridine rings is 1. The Morgan fingerprint density at radius 3 is 2.68 bits per heavy atom. The van der Waals surface area contributed by atoms with Gasteiger partial charge in [-0.25, -0.2) is 0 Å². The van der Waals surface area contributed by atoms with Crippen LogP contribution in [0.15, 0.2) is 48.7 Å². The summed E-state index contributed by atoms with van der Waals surface area (Å²) in [6.45, 7) is 8.35. The molecule has 0 aliphatic carbocycles. The summed E-state index contributed by atoms with van der Waals surface area (Å²) >= 11 is 0. The molecule has 0 fully saturated rings. The van der Waals surface area contributed by atoms with Crippen molar-refractivity contribution in [1.82, 2.24) is 4.98 Å². The highest BCUT2D eigenvalue weighted by atomic mass is 16.3. The first-order chi connectivity index (χ1) is 11.9. The molecule has 2 atom stereocenters. The molecule has 0 saturated heterocycles. The number of hydrogen-bond acceptors (Lipinski definition) is 3. The molecular formula is C22H24N2O. The highest BCUT2D eigenvalue weighted by Gasteiger charge is 2.39. The van der Waals surface area contributed by atoms with Crippen molar-refractivity contribution in [3.63, 3.8) is 0 Å². The van der Waals surface area contributed by atoms with Crippen LogP contribution < -0.4 is 5.32 Å². The number of aromatic nitrogens is 1. The van der Waals surface area contributed by atoms with Gasteiger partial charge in [0.1, 0.15) is 0 Å². The first-order valence-corrected chi connectivity index (χ1v) is 8.83. The van der Waals surface area contributed by atoms with Crippen molar-refractivity contribution in [3.8, 4) is 11.1 Å². The molecular weight excluding hydrogens is 308 g/mol. The molecule has 4 rings (SSSR count). The quantitative estimate of drug-likeness (QED) is 0.667. The fourth-order valence-corrected chi connectivity index (χ4v) is 4.03. The summed E-state index contributed by atoms with van der Waals surface area (Å²) in [6.07, 6.45) is 1.41. The Hall–Kier alpha value is -2.39. The van der Waals surface area contributed by atoms with E-state index >= 15 is 0 Å². The number of rotatable bonds is 1. The molecule has 0 bridgehead atoms. The lowest BCUT2D eigenvalue weighted by Gasteiger charge is -2.43. The van der Waals surface area contributed by atoms with Crippen molar-refractivity contribution in [2.45, 2.75) is 45.3 Å². The van der Waals surface area contributed by atoms with E-state index in [2.05, 4.69) is 74.4 Å². The highest BCUT2D eigenvalue weighted by Crippen LogP contribution is 2.43. The lowest BCUT2D eigenvalue weighted by atomic mass is 9.77. The van der Waals surface area contributed by atoms with Gasteiger partial charge >= 0.3 is 0 Å². The average molecular weight is 332 g/mol. The minimum Gasteiger partial charge on any atom is -0.390 e. The lowest BCUT2D eigenvalue weighted by molar-refractivity contribution is 0.0869. The number of aliphatic hydroxyl groups excluding tert-OH is 1. The van der Waals surface area contributed by atoms with E-state index in [-0.39, 0.29) is 11.5 Å². The number of para-hydroxylation sites is 1. The van der Waals surface area contributed by atoms with Crippen LogP contribution in [-0.2, 0) is 0 Å². The SMILES string of the molecule is Cc1cc(-c2cccc3cccnc23)cc2c1NC(C)(C)[C@H](O)[C@H]2C. The maximum Gasteiger partial charge on any atom is 0.0830 e. The third-order valence-corrected chi connectivity index (χ3v) is 5.46. The van der Waals surface area contributed by atoms with Crippen LogP contribution in [0.3, 0.4) is 0 Å². The van der Waals surface area contributed by atoms with Gasteiger partial charge in [-0.3, -0.25) is 4.98 Å². The summed E-state index contributed by atoms with van der Waals surface area (Å²) < 4.78 is 0. The zero-order valence-corrected chi connectivity index (χ0v) is 15.2. The fourth-order valence-electron chi connectivity index (χ4n) is 4.03. The van der Waals surface area contributed by atoms with Crippen LogP contribution in [0, 0.1) is 6.92 Å². The predicted molar refractivity (Wildman–Crippen MR) is 104 cm³/mol. The van der Waals surface area contributed by atoms with Gasteiger partial charge in [0, 0.05) is 28.8 Å². The van der Waals surface area contributed by atoms with Crippen molar-refractivity contribution in [2.24, 2.45) is 0 Å². The lowest BCUT2D eigenvalue weighted by Crippen LogP contribution is -2.50. The van der Waals surface area contributed by atoms with Crippen molar-refractivity contribution < 1.29 is 5.11 Å². The van der Waals surface area contributed by atoms with Gasteiger partial charge in [0.2, 0.25) is 0 Å². The number of nitrogens with zero attached hydrogens (tertiary/aromatic N) is 1. The molecule has 3 nitrogen and oxygen atoms in total. The van der Waals surface area contributed by atoms with Crippen LogP contribution in [0.2, 0.25) is 0 Å². The molecule has 2 heterocycles. The summed E-state index contributed by atoms with van der Waals surface area (Å²) in [4.78, 5) is 4.59. The molecule has 1 aliphatic heterocycles. The van der Waals surface area contributed by atoms with Crippen LogP contribution in [0.1, 0.15) is 37.8 Å². The summed E-state index contributed by atoms with van der Waals surface area (Å²) in [5.74, 6) is 0.0767. The molecule has 0 spiro atoms. The van der Waals surface area contributed by atoms with Crippen molar-refractivity contribution >= 4 is 16.6 Å². The van der Waals surface area contributed by atoms with Gasteiger partial charge in [-0.2, -0.15) is 0 Å². The van der Waals surface area contributed by atoms with Crippen LogP contribution in [0.25, 0.3) is 22.0 Å². The van der Waals surface area contributed by atoms with E-state index in [9.17, 15) is 5.11 Å². The van der Waals surface area contributed by atoms with Crippen molar-refractivity contribution in [1.29, 1.82) is 0 Å². The Balaban J connectivity index is 1.93. The Kier molecular flexibility index (Phi) is 3.58. The summed E-state index contributed by atoms with van der Waals surface area (Å²) in [5.41, 5.74) is 6.50. The smallest absolute Gasteiger partial charge is 0.0830 e. The molecule has 0 unspecified atom stereocenters. The minimum absolute atomic E-state index is 0.0767. The topological polar surface area (TPSA) is 45.2 Å². The maximum atomic E-state index is 10.7. The van der Waals surface area contributed by atoms with Gasteiger partial charge in [-0.15, -0.1) is 0 Å². The van der Waals surface area contributed by atoms with Gasteiger partial charge < -0.3 is 10.4 Å². The zero-order valence-electron chi connectivity index (χ0n) is 15.2. The number of nitrogens with one attached hydrogen (secondary N) is 1. The Morgan fingerprint density at radius 1 is 1.12 bits per heavy atom. The second kappa shape index (κ2) is 5.57. The highest BCUT2D eigenvalue weighted by molar-refractivity contribution is 5.94. The Labute approximate surface area is 148 Å². The normalized spacial score (nSPS) is 21.6. The second-order valence-corrected chi connectivity index (χ2v) is 7.72. The van der Waals surface area contributed by atoms with E-state index in [0.717, 1.165) is 27.7 Å². The second-order valence-electron chi connectivity index (χ2n) is 7.72. The molecule has 0 radical (unpaired) electrons. The van der Waals surface area contributed by atoms with E-state index in [1.165, 1.54) is 11.1 Å². The molecule has 128 valence electrons. The van der Waals surface area contributed by atoms with Gasteiger partial charge in [-0.1, -0.05) is 31.2 Å². The van der Waals surface area contributed by atoms with E-state index in [1.807, 2.05) is 12.3 Å². The first kappa shape index (κ1) is 16.1. The standard InChI is InChI=1S/C22H24N2O/c1-13-11-16(17-9-5-7-15-8-6-10-23-20(15)17)12-18-14(2)21(25)22(3,4)24-19(13)18/h5-12,14,21,24-25H,1-4H3/t14-,21+/m0/s1. The van der Waals surface area contributed by atoms with Crippen LogP contribution in [0.4, 0.5) is 5.69 Å². The minimum atomic E-state index is -0.430. The third kappa shape index (κ3) is 2.50. The molecule has 3 heteroatoms. The van der Waals surface area contributed by atoms with E-state index < -0.39 is 6.10 Å². The first-order valence-electron chi connectivity index (χ1n) is 8.83. The maximum absolute atomic E-state index is 10.7. The molecule has 25 heavy (non-hydrogen) atoms. The average Bonchev–Trinajstić information content (AvgIpc) is 2.60. The molecule has 1 aromatic heterocycles. The molecule has 0 amide bonds. The molecule has 0 saturated carbocycles. The third-order valence-electron chi connectivity index (χ3n) is 5.46. The largest absolute Gasteiger partial charge is 0.390 e.